The van der Waals surface area contributed by atoms with Gasteiger partial charge in [-0.1, -0.05) is 45.4 Å². The summed E-state index contributed by atoms with van der Waals surface area (Å²) in [6, 6.07) is 15.0. The maximum atomic E-state index is 13.6. The number of rotatable bonds is 9. The quantitative estimate of drug-likeness (QED) is 0.104. The fraction of sp³-hybridized carbons (Fsp3) is 0.219. The largest absolute Gasteiger partial charge is 0.504 e. The molecule has 9 heteroatoms. The molecule has 0 saturated heterocycles. The van der Waals surface area contributed by atoms with Crippen LogP contribution in [0.25, 0.3) is 33.6 Å². The topological polar surface area (TPSA) is 124 Å². The number of methoxy groups -OCH3 is 2. The van der Waals surface area contributed by atoms with Crippen LogP contribution < -0.4 is 10.5 Å². The molecular weight excluding hydrogens is 516 g/mol. The molecule has 3 heterocycles. The number of ether oxygens (including phenoxy) is 2. The second kappa shape index (κ2) is 12.9. The Hall–Kier alpha value is -5.05. The van der Waals surface area contributed by atoms with Crippen LogP contribution in [0.5, 0.6) is 5.75 Å². The summed E-state index contributed by atoms with van der Waals surface area (Å²) < 4.78 is 12.0. The van der Waals surface area contributed by atoms with E-state index in [1.807, 2.05) is 49.4 Å². The number of carbonyl (C=O) groups excluding carboxylic acids is 1. The first-order valence-electron chi connectivity index (χ1n) is 13.4. The number of aromatic nitrogens is 5. The molecule has 0 atom stereocenters. The lowest BCUT2D eigenvalue weighted by Crippen LogP contribution is -2.07. The second-order valence-electron chi connectivity index (χ2n) is 9.48. The molecule has 0 aliphatic carbocycles. The first-order chi connectivity index (χ1) is 19.8. The molecule has 41 heavy (non-hydrogen) atoms. The number of ketones is 1. The molecule has 0 bridgehead atoms. The van der Waals surface area contributed by atoms with E-state index in [2.05, 4.69) is 40.5 Å². The Labute approximate surface area is 239 Å². The third-order valence-corrected chi connectivity index (χ3v) is 6.55. The number of unbranched alkanes of at least 4 members (excludes halogenated alkanes) is 1. The molecule has 5 aromatic rings. The maximum Gasteiger partial charge on any atom is 0.214 e. The number of hydrogen-bond acceptors (Lipinski definition) is 6. The lowest BCUT2D eigenvalue weighted by atomic mass is 10.0. The number of H-pyrrole nitrogens is 2. The molecule has 212 valence electrons. The second-order valence-corrected chi connectivity index (χ2v) is 9.48. The van der Waals surface area contributed by atoms with E-state index in [0.29, 0.717) is 17.0 Å². The number of benzene rings is 2. The number of nitrogen functional groups attached to an aromatic ring is 1. The third-order valence-electron chi connectivity index (χ3n) is 6.55. The van der Waals surface area contributed by atoms with E-state index in [1.165, 1.54) is 30.0 Å². The van der Waals surface area contributed by atoms with Crippen molar-refractivity contribution in [2.45, 2.75) is 33.6 Å². The van der Waals surface area contributed by atoms with E-state index in [4.69, 9.17) is 15.2 Å². The number of fused-ring (bicyclic) bond motifs is 1. The fourth-order valence-corrected chi connectivity index (χ4v) is 4.22. The predicted molar refractivity (Wildman–Crippen MR) is 164 cm³/mol. The number of carbonyl (C=O) groups is 1. The van der Waals surface area contributed by atoms with Crippen LogP contribution in [0.15, 0.2) is 73.6 Å². The van der Waals surface area contributed by atoms with Gasteiger partial charge in [0, 0.05) is 11.1 Å². The van der Waals surface area contributed by atoms with E-state index >= 15 is 0 Å². The lowest BCUT2D eigenvalue weighted by Gasteiger charge is -2.06. The van der Waals surface area contributed by atoms with Crippen molar-refractivity contribution in [2.24, 2.45) is 0 Å². The van der Waals surface area contributed by atoms with Gasteiger partial charge < -0.3 is 25.2 Å². The zero-order valence-corrected chi connectivity index (χ0v) is 24.1. The number of aryl methyl sites for hydroxylation is 1. The molecule has 0 fully saturated rings. The molecule has 0 unspecified atom stereocenters. The Morgan fingerprint density at radius 2 is 1.85 bits per heavy atom. The van der Waals surface area contributed by atoms with Crippen LogP contribution in [-0.4, -0.2) is 44.7 Å². The van der Waals surface area contributed by atoms with Crippen molar-refractivity contribution >= 4 is 28.2 Å². The fourth-order valence-electron chi connectivity index (χ4n) is 4.22. The van der Waals surface area contributed by atoms with Gasteiger partial charge in [0.1, 0.15) is 17.4 Å². The number of allylic oxidation sites excluding steroid dienone is 2. The molecule has 4 N–H and O–H groups in total. The van der Waals surface area contributed by atoms with Gasteiger partial charge in [-0.25, -0.2) is 9.67 Å². The highest BCUT2D eigenvalue weighted by molar-refractivity contribution is 6.11. The van der Waals surface area contributed by atoms with Crippen LogP contribution in [0.1, 0.15) is 54.1 Å². The molecule has 3 aromatic heterocycles. The predicted octanol–water partition coefficient (Wildman–Crippen LogP) is 6.85. The number of nitrogens with one attached hydrogen (secondary N) is 2. The maximum absolute atomic E-state index is 13.6. The zero-order valence-electron chi connectivity index (χ0n) is 24.1. The molecule has 0 spiro atoms. The van der Waals surface area contributed by atoms with Gasteiger partial charge in [-0.15, -0.1) is 0 Å². The number of aromatic amines is 2. The summed E-state index contributed by atoms with van der Waals surface area (Å²) in [4.78, 5) is 24.5. The zero-order chi connectivity index (χ0) is 29.5. The van der Waals surface area contributed by atoms with Crippen LogP contribution in [0.4, 0.5) is 5.82 Å². The number of nitrogens with two attached hydrogens (primary N) is 1. The first kappa shape index (κ1) is 28.9. The summed E-state index contributed by atoms with van der Waals surface area (Å²) >= 11 is 0. The van der Waals surface area contributed by atoms with Crippen LogP contribution in [0.3, 0.4) is 0 Å². The highest BCUT2D eigenvalue weighted by Crippen LogP contribution is 2.33. The Kier molecular flexibility index (Phi) is 9.08. The minimum absolute atomic E-state index is 0.234. The summed E-state index contributed by atoms with van der Waals surface area (Å²) in [6.45, 7) is 10.4. The van der Waals surface area contributed by atoms with Gasteiger partial charge in [0.15, 0.2) is 0 Å². The van der Waals surface area contributed by atoms with Gasteiger partial charge in [-0.3, -0.25) is 4.79 Å². The Balaban J connectivity index is 0.000000909. The van der Waals surface area contributed by atoms with Gasteiger partial charge in [0.2, 0.25) is 5.78 Å². The third kappa shape index (κ3) is 6.24. The molecular formula is C32H36N6O3. The van der Waals surface area contributed by atoms with Crippen LogP contribution in [-0.2, 0) is 4.74 Å². The summed E-state index contributed by atoms with van der Waals surface area (Å²) in [7, 11) is 3.17. The molecule has 0 amide bonds. The summed E-state index contributed by atoms with van der Waals surface area (Å²) in [5.74, 6) is 1.45. The monoisotopic (exact) mass is 552 g/mol. The molecule has 2 aromatic carbocycles. The highest BCUT2D eigenvalue weighted by atomic mass is 16.5. The highest BCUT2D eigenvalue weighted by Gasteiger charge is 2.22. The standard InChI is InChI=1S/C28H26N6O3.C4H10/c1-16(10-11-36-3)21-14-25(33-26(21)18-6-5-7-20(12-18)37-4)27(35)22-15-30-34(28(22)29)19-8-9-23-24(13-19)32-17(2)31-23;1-3-4-2/h5-15,33H,1,29H2,2-4H3,(H,31,32);3-4H2,1-2H3/b11-10+;. The Morgan fingerprint density at radius 1 is 1.07 bits per heavy atom. The van der Waals surface area contributed by atoms with E-state index < -0.39 is 0 Å². The summed E-state index contributed by atoms with van der Waals surface area (Å²) in [6.07, 6.45) is 7.39. The molecule has 0 aliphatic rings. The average Bonchev–Trinajstić information content (AvgIpc) is 3.71. The first-order valence-corrected chi connectivity index (χ1v) is 13.4. The summed E-state index contributed by atoms with van der Waals surface area (Å²) in [5, 5.41) is 4.39. The Bertz CT molecular complexity index is 1700. The normalized spacial score (nSPS) is 11.0. The molecule has 0 aliphatic heterocycles. The smallest absolute Gasteiger partial charge is 0.214 e. The van der Waals surface area contributed by atoms with Crippen molar-refractivity contribution < 1.29 is 14.3 Å². The molecule has 5 rings (SSSR count). The number of imidazole rings is 1. The SMILES string of the molecule is C=C(/C=C/OC)c1cc(C(=O)c2cnn(-c3ccc4nc(C)[nH]c4c3)c2N)[nH]c1-c1cccc(OC)c1.CCCC. The number of hydrogen-bond donors (Lipinski definition) is 3. The van der Waals surface area contributed by atoms with Gasteiger partial charge in [-0.2, -0.15) is 5.10 Å². The number of anilines is 1. The average molecular weight is 553 g/mol. The van der Waals surface area contributed by atoms with Gasteiger partial charge >= 0.3 is 0 Å². The number of nitrogens with zero attached hydrogens (tertiary/aromatic N) is 3. The van der Waals surface area contributed by atoms with Crippen LogP contribution in [0, 0.1) is 6.92 Å². The van der Waals surface area contributed by atoms with Gasteiger partial charge in [-0.05, 0) is 55.0 Å². The lowest BCUT2D eigenvalue weighted by molar-refractivity contribution is 0.103. The Morgan fingerprint density at radius 3 is 2.56 bits per heavy atom. The van der Waals surface area contributed by atoms with Crippen molar-refractivity contribution in [2.75, 3.05) is 20.0 Å². The van der Waals surface area contributed by atoms with Crippen molar-refractivity contribution in [3.63, 3.8) is 0 Å². The van der Waals surface area contributed by atoms with Crippen molar-refractivity contribution in [3.8, 4) is 22.7 Å². The van der Waals surface area contributed by atoms with Crippen LogP contribution in [0.2, 0.25) is 0 Å². The van der Waals surface area contributed by atoms with E-state index in [0.717, 1.165) is 39.4 Å². The van der Waals surface area contributed by atoms with Crippen molar-refractivity contribution in [3.05, 3.63) is 96.3 Å². The van der Waals surface area contributed by atoms with E-state index in [1.54, 1.807) is 26.4 Å². The molecule has 9 nitrogen and oxygen atoms in total. The minimum atomic E-state index is -0.291. The van der Waals surface area contributed by atoms with E-state index in [9.17, 15) is 4.79 Å². The minimum Gasteiger partial charge on any atom is -0.504 e. The van der Waals surface area contributed by atoms with E-state index in [-0.39, 0.29) is 17.2 Å². The van der Waals surface area contributed by atoms with Crippen molar-refractivity contribution in [1.29, 1.82) is 0 Å². The molecule has 0 saturated carbocycles. The van der Waals surface area contributed by atoms with Gasteiger partial charge in [0.05, 0.1) is 60.4 Å². The summed E-state index contributed by atoms with van der Waals surface area (Å²) in [5.41, 5.74) is 12.4. The van der Waals surface area contributed by atoms with Gasteiger partial charge in [0.25, 0.3) is 0 Å². The van der Waals surface area contributed by atoms with Crippen molar-refractivity contribution in [1.82, 2.24) is 24.7 Å². The van der Waals surface area contributed by atoms with Crippen LogP contribution >= 0.6 is 0 Å². The molecule has 0 radical (unpaired) electrons.